The molecule has 0 amide bonds. The smallest absolute Gasteiger partial charge is 0.319 e. The molecule has 0 heterocycles. The van der Waals surface area contributed by atoms with Gasteiger partial charge in [0.1, 0.15) is 5.25 Å². The zero-order chi connectivity index (χ0) is 16.0. The van der Waals surface area contributed by atoms with Crippen LogP contribution in [-0.4, -0.2) is 23.1 Å². The second-order valence-corrected chi connectivity index (χ2v) is 6.82. The number of esters is 1. The molecule has 0 saturated carbocycles. The molecule has 1 atom stereocenters. The molecule has 4 heteroatoms. The Morgan fingerprint density at radius 3 is 2.10 bits per heavy atom. The molecule has 0 saturated heterocycles. The van der Waals surface area contributed by atoms with E-state index < -0.39 is 0 Å². The SMILES string of the molecule is CCC(Sc1ccc(C(=O)C(C)C)cc1)C(=O)OC(C)C. The molecular formula is C17H24O3S. The summed E-state index contributed by atoms with van der Waals surface area (Å²) in [6.07, 6.45) is 0.612. The van der Waals surface area contributed by atoms with Crippen LogP contribution in [0.3, 0.4) is 0 Å². The fraction of sp³-hybridized carbons (Fsp3) is 0.529. The Labute approximate surface area is 131 Å². The summed E-state index contributed by atoms with van der Waals surface area (Å²) >= 11 is 1.48. The summed E-state index contributed by atoms with van der Waals surface area (Å²) in [5.41, 5.74) is 0.715. The van der Waals surface area contributed by atoms with Gasteiger partial charge in [-0.05, 0) is 32.4 Å². The van der Waals surface area contributed by atoms with E-state index in [0.29, 0.717) is 12.0 Å². The van der Waals surface area contributed by atoms with Crippen LogP contribution in [0.25, 0.3) is 0 Å². The maximum Gasteiger partial charge on any atom is 0.319 e. The van der Waals surface area contributed by atoms with Crippen molar-refractivity contribution in [2.45, 2.75) is 57.3 Å². The van der Waals surface area contributed by atoms with E-state index in [4.69, 9.17) is 4.74 Å². The predicted octanol–water partition coefficient (Wildman–Crippen LogP) is 4.35. The van der Waals surface area contributed by atoms with E-state index in [0.717, 1.165) is 4.90 Å². The lowest BCUT2D eigenvalue weighted by Crippen LogP contribution is -2.22. The number of rotatable bonds is 7. The van der Waals surface area contributed by atoms with Gasteiger partial charge in [-0.25, -0.2) is 0 Å². The second-order valence-electron chi connectivity index (χ2n) is 5.54. The number of ketones is 1. The summed E-state index contributed by atoms with van der Waals surface area (Å²) < 4.78 is 5.25. The molecule has 0 radical (unpaired) electrons. The number of Topliss-reactive ketones (excluding diaryl/α,β-unsaturated/α-hetero) is 1. The van der Waals surface area contributed by atoms with Crippen LogP contribution in [-0.2, 0) is 9.53 Å². The Balaban J connectivity index is 2.73. The molecule has 0 aliphatic heterocycles. The quantitative estimate of drug-likeness (QED) is 0.427. The van der Waals surface area contributed by atoms with Gasteiger partial charge in [0, 0.05) is 16.4 Å². The first kappa shape index (κ1) is 17.8. The van der Waals surface area contributed by atoms with Crippen molar-refractivity contribution in [3.8, 4) is 0 Å². The molecular weight excluding hydrogens is 284 g/mol. The number of carbonyl (C=O) groups is 2. The van der Waals surface area contributed by atoms with Crippen molar-refractivity contribution in [1.82, 2.24) is 0 Å². The van der Waals surface area contributed by atoms with Crippen molar-refractivity contribution in [1.29, 1.82) is 0 Å². The van der Waals surface area contributed by atoms with E-state index in [-0.39, 0.29) is 29.0 Å². The van der Waals surface area contributed by atoms with Crippen molar-refractivity contribution >= 4 is 23.5 Å². The molecule has 0 fully saturated rings. The highest BCUT2D eigenvalue weighted by Crippen LogP contribution is 2.27. The van der Waals surface area contributed by atoms with E-state index in [1.165, 1.54) is 11.8 Å². The van der Waals surface area contributed by atoms with E-state index in [2.05, 4.69) is 0 Å². The van der Waals surface area contributed by atoms with Crippen LogP contribution in [0.5, 0.6) is 0 Å². The number of benzene rings is 1. The Bertz CT molecular complexity index is 477. The first-order valence-corrected chi connectivity index (χ1v) is 8.24. The topological polar surface area (TPSA) is 43.4 Å². The zero-order valence-corrected chi connectivity index (χ0v) is 14.2. The second kappa shape index (κ2) is 8.23. The van der Waals surface area contributed by atoms with Crippen molar-refractivity contribution in [3.63, 3.8) is 0 Å². The Kier molecular flexibility index (Phi) is 6.96. The third-order valence-corrected chi connectivity index (χ3v) is 4.28. The highest BCUT2D eigenvalue weighted by Gasteiger charge is 2.20. The van der Waals surface area contributed by atoms with Gasteiger partial charge in [0.25, 0.3) is 0 Å². The molecule has 0 aromatic heterocycles. The standard InChI is InChI=1S/C17H24O3S/c1-6-15(17(19)20-12(4)5)21-14-9-7-13(8-10-14)16(18)11(2)3/h7-12,15H,6H2,1-5H3. The van der Waals surface area contributed by atoms with Crippen LogP contribution in [0.2, 0.25) is 0 Å². The fourth-order valence-corrected chi connectivity index (χ4v) is 2.74. The van der Waals surface area contributed by atoms with Gasteiger partial charge < -0.3 is 4.74 Å². The molecule has 1 unspecified atom stereocenters. The lowest BCUT2D eigenvalue weighted by Gasteiger charge is -2.16. The van der Waals surface area contributed by atoms with Crippen LogP contribution in [0.4, 0.5) is 0 Å². The first-order chi connectivity index (χ1) is 9.85. The Hall–Kier alpha value is -1.29. The van der Waals surface area contributed by atoms with E-state index in [9.17, 15) is 9.59 Å². The van der Waals surface area contributed by atoms with Crippen LogP contribution in [0.15, 0.2) is 29.2 Å². The van der Waals surface area contributed by atoms with Gasteiger partial charge in [-0.15, -0.1) is 11.8 Å². The van der Waals surface area contributed by atoms with Gasteiger partial charge in [-0.2, -0.15) is 0 Å². The third-order valence-electron chi connectivity index (χ3n) is 2.93. The fourth-order valence-electron chi connectivity index (χ4n) is 1.80. The molecule has 0 aliphatic carbocycles. The number of carbonyl (C=O) groups excluding carboxylic acids is 2. The van der Waals surface area contributed by atoms with E-state index in [1.54, 1.807) is 0 Å². The molecule has 0 spiro atoms. The minimum Gasteiger partial charge on any atom is -0.462 e. The number of hydrogen-bond donors (Lipinski definition) is 0. The van der Waals surface area contributed by atoms with Crippen molar-refractivity contribution < 1.29 is 14.3 Å². The average Bonchev–Trinajstić information content (AvgIpc) is 2.43. The largest absolute Gasteiger partial charge is 0.462 e. The zero-order valence-electron chi connectivity index (χ0n) is 13.4. The Morgan fingerprint density at radius 2 is 1.67 bits per heavy atom. The van der Waals surface area contributed by atoms with Crippen LogP contribution < -0.4 is 0 Å². The van der Waals surface area contributed by atoms with Crippen molar-refractivity contribution in [2.75, 3.05) is 0 Å². The third kappa shape index (κ3) is 5.54. The highest BCUT2D eigenvalue weighted by atomic mass is 32.2. The molecule has 3 nitrogen and oxygen atoms in total. The van der Waals surface area contributed by atoms with Crippen LogP contribution >= 0.6 is 11.8 Å². The molecule has 116 valence electrons. The summed E-state index contributed by atoms with van der Waals surface area (Å²) in [5.74, 6) is -0.0504. The molecule has 21 heavy (non-hydrogen) atoms. The van der Waals surface area contributed by atoms with E-state index in [1.807, 2.05) is 58.9 Å². The van der Waals surface area contributed by atoms with Gasteiger partial charge in [0.15, 0.2) is 5.78 Å². The van der Waals surface area contributed by atoms with Crippen LogP contribution in [0.1, 0.15) is 51.4 Å². The molecule has 1 aromatic carbocycles. The molecule has 1 aromatic rings. The maximum absolute atomic E-state index is 12.0. The summed E-state index contributed by atoms with van der Waals surface area (Å²) in [5, 5.41) is -0.209. The summed E-state index contributed by atoms with van der Waals surface area (Å²) in [6.45, 7) is 9.44. The maximum atomic E-state index is 12.0. The van der Waals surface area contributed by atoms with E-state index >= 15 is 0 Å². The monoisotopic (exact) mass is 308 g/mol. The average molecular weight is 308 g/mol. The predicted molar refractivity (Wildman–Crippen MR) is 86.8 cm³/mol. The van der Waals surface area contributed by atoms with Gasteiger partial charge in [-0.3, -0.25) is 9.59 Å². The van der Waals surface area contributed by atoms with Crippen LogP contribution in [0, 0.1) is 5.92 Å². The summed E-state index contributed by atoms with van der Waals surface area (Å²) in [6, 6.07) is 7.44. The number of hydrogen-bond acceptors (Lipinski definition) is 4. The van der Waals surface area contributed by atoms with Gasteiger partial charge in [0.05, 0.1) is 6.10 Å². The minimum absolute atomic E-state index is 0.00656. The molecule has 0 N–H and O–H groups in total. The molecule has 0 bridgehead atoms. The minimum atomic E-state index is -0.209. The van der Waals surface area contributed by atoms with Crippen molar-refractivity contribution in [3.05, 3.63) is 29.8 Å². The first-order valence-electron chi connectivity index (χ1n) is 7.36. The van der Waals surface area contributed by atoms with Gasteiger partial charge >= 0.3 is 5.97 Å². The Morgan fingerprint density at radius 1 is 1.10 bits per heavy atom. The summed E-state index contributed by atoms with van der Waals surface area (Å²) in [7, 11) is 0. The number of thioether (sulfide) groups is 1. The van der Waals surface area contributed by atoms with Gasteiger partial charge in [0.2, 0.25) is 0 Å². The normalized spacial score (nSPS) is 12.5. The van der Waals surface area contributed by atoms with Gasteiger partial charge in [-0.1, -0.05) is 32.9 Å². The summed E-state index contributed by atoms with van der Waals surface area (Å²) in [4.78, 5) is 24.8. The lowest BCUT2D eigenvalue weighted by molar-refractivity contribution is -0.146. The lowest BCUT2D eigenvalue weighted by atomic mass is 10.0. The highest BCUT2D eigenvalue weighted by molar-refractivity contribution is 8.00. The molecule has 1 rings (SSSR count). The van der Waals surface area contributed by atoms with Crippen molar-refractivity contribution in [2.24, 2.45) is 5.92 Å². The molecule has 0 aliphatic rings. The number of ether oxygens (including phenoxy) is 1.